The van der Waals surface area contributed by atoms with Crippen molar-refractivity contribution in [2.75, 3.05) is 32.8 Å². The Morgan fingerprint density at radius 2 is 2.15 bits per heavy atom. The largest absolute Gasteiger partial charge is 0.377 e. The van der Waals surface area contributed by atoms with Crippen molar-refractivity contribution in [3.8, 4) is 0 Å². The van der Waals surface area contributed by atoms with Gasteiger partial charge in [-0.15, -0.1) is 6.58 Å². The minimum absolute atomic E-state index is 0.712. The predicted octanol–water partition coefficient (Wildman–Crippen LogP) is 1.53. The minimum atomic E-state index is 0.712. The minimum Gasteiger partial charge on any atom is -0.377 e. The quantitative estimate of drug-likeness (QED) is 0.482. The van der Waals surface area contributed by atoms with E-state index in [1.54, 1.807) is 0 Å². The van der Waals surface area contributed by atoms with Crippen LogP contribution in [0.4, 0.5) is 0 Å². The number of rotatable bonds is 4. The summed E-state index contributed by atoms with van der Waals surface area (Å²) in [7, 11) is 0. The van der Waals surface area contributed by atoms with Crippen LogP contribution in [0, 0.1) is 11.8 Å². The average molecular weight is 181 g/mol. The highest BCUT2D eigenvalue weighted by Gasteiger charge is 2.33. The molecule has 0 radical (unpaired) electrons. The zero-order valence-electron chi connectivity index (χ0n) is 8.24. The maximum Gasteiger partial charge on any atom is 0.0644 e. The molecule has 0 aromatic rings. The first-order valence-electron chi connectivity index (χ1n) is 5.31. The van der Waals surface area contributed by atoms with Crippen molar-refractivity contribution in [2.24, 2.45) is 11.8 Å². The Labute approximate surface area is 80.6 Å². The van der Waals surface area contributed by atoms with Crippen molar-refractivity contribution in [1.29, 1.82) is 0 Å². The van der Waals surface area contributed by atoms with Crippen LogP contribution in [-0.4, -0.2) is 37.7 Å². The molecule has 1 unspecified atom stereocenters. The predicted molar refractivity (Wildman–Crippen MR) is 53.7 cm³/mol. The standard InChI is InChI=1S/C11H19NO/c1-2-7-13-9-11-8-12-5-3-10(11)4-6-12/h2,10-11H,1,3-9H2. The Balaban J connectivity index is 1.76. The highest BCUT2D eigenvalue weighted by atomic mass is 16.5. The normalized spacial score (nSPS) is 37.7. The molecular formula is C11H19NO. The van der Waals surface area contributed by atoms with Crippen molar-refractivity contribution in [1.82, 2.24) is 4.90 Å². The van der Waals surface area contributed by atoms with E-state index in [0.717, 1.165) is 18.4 Å². The van der Waals surface area contributed by atoms with E-state index in [2.05, 4.69) is 11.5 Å². The van der Waals surface area contributed by atoms with E-state index in [-0.39, 0.29) is 0 Å². The van der Waals surface area contributed by atoms with Crippen molar-refractivity contribution >= 4 is 0 Å². The Kier molecular flexibility index (Phi) is 3.01. The van der Waals surface area contributed by atoms with Crippen LogP contribution in [-0.2, 0) is 4.74 Å². The molecule has 0 saturated carbocycles. The lowest BCUT2D eigenvalue weighted by atomic mass is 9.79. The van der Waals surface area contributed by atoms with E-state index in [4.69, 9.17) is 4.74 Å². The fourth-order valence-corrected chi connectivity index (χ4v) is 2.58. The third-order valence-electron chi connectivity index (χ3n) is 3.36. The van der Waals surface area contributed by atoms with E-state index >= 15 is 0 Å². The van der Waals surface area contributed by atoms with Crippen molar-refractivity contribution < 1.29 is 4.74 Å². The maximum absolute atomic E-state index is 5.53. The van der Waals surface area contributed by atoms with Gasteiger partial charge in [-0.05, 0) is 37.8 Å². The Bertz CT molecular complexity index is 173. The molecule has 0 amide bonds. The summed E-state index contributed by atoms with van der Waals surface area (Å²) in [5.41, 5.74) is 0. The van der Waals surface area contributed by atoms with Crippen molar-refractivity contribution in [2.45, 2.75) is 12.8 Å². The van der Waals surface area contributed by atoms with Crippen molar-refractivity contribution in [3.63, 3.8) is 0 Å². The monoisotopic (exact) mass is 181 g/mol. The molecule has 2 heteroatoms. The van der Waals surface area contributed by atoms with Crippen LogP contribution >= 0.6 is 0 Å². The molecule has 3 rings (SSSR count). The summed E-state index contributed by atoms with van der Waals surface area (Å²) >= 11 is 0. The number of nitrogens with zero attached hydrogens (tertiary/aromatic N) is 1. The lowest BCUT2D eigenvalue weighted by Gasteiger charge is -2.44. The molecule has 3 aliphatic heterocycles. The number of piperidine rings is 3. The van der Waals surface area contributed by atoms with Gasteiger partial charge in [0.05, 0.1) is 13.2 Å². The topological polar surface area (TPSA) is 12.5 Å². The second-order valence-electron chi connectivity index (χ2n) is 4.22. The molecule has 3 fully saturated rings. The summed E-state index contributed by atoms with van der Waals surface area (Å²) in [6, 6.07) is 0. The Hall–Kier alpha value is -0.340. The van der Waals surface area contributed by atoms with Gasteiger partial charge in [-0.2, -0.15) is 0 Å². The average Bonchev–Trinajstić information content (AvgIpc) is 2.20. The summed E-state index contributed by atoms with van der Waals surface area (Å²) in [6.45, 7) is 9.21. The highest BCUT2D eigenvalue weighted by Crippen LogP contribution is 2.32. The van der Waals surface area contributed by atoms with Crippen LogP contribution < -0.4 is 0 Å². The lowest BCUT2D eigenvalue weighted by molar-refractivity contribution is -0.000717. The van der Waals surface area contributed by atoms with E-state index in [1.807, 2.05) is 6.08 Å². The molecule has 0 aliphatic carbocycles. The van der Waals surface area contributed by atoms with Gasteiger partial charge in [0.2, 0.25) is 0 Å². The Morgan fingerprint density at radius 3 is 2.69 bits per heavy atom. The van der Waals surface area contributed by atoms with Crippen LogP contribution in [0.5, 0.6) is 0 Å². The van der Waals surface area contributed by atoms with Crippen LogP contribution in [0.15, 0.2) is 12.7 Å². The Morgan fingerprint density at radius 1 is 1.38 bits per heavy atom. The van der Waals surface area contributed by atoms with Crippen LogP contribution in [0.25, 0.3) is 0 Å². The highest BCUT2D eigenvalue weighted by molar-refractivity contribution is 4.86. The molecule has 1 atom stereocenters. The number of hydrogen-bond donors (Lipinski definition) is 0. The molecule has 0 N–H and O–H groups in total. The van der Waals surface area contributed by atoms with Gasteiger partial charge in [0.25, 0.3) is 0 Å². The zero-order valence-corrected chi connectivity index (χ0v) is 8.24. The van der Waals surface area contributed by atoms with Gasteiger partial charge in [-0.1, -0.05) is 6.08 Å². The summed E-state index contributed by atoms with van der Waals surface area (Å²) < 4.78 is 5.53. The van der Waals surface area contributed by atoms with Crippen LogP contribution in [0.2, 0.25) is 0 Å². The SMILES string of the molecule is C=CCOCC1CN2CCC1CC2. The molecule has 74 valence electrons. The molecule has 13 heavy (non-hydrogen) atoms. The first-order valence-corrected chi connectivity index (χ1v) is 5.31. The number of ether oxygens (including phenoxy) is 1. The summed E-state index contributed by atoms with van der Waals surface area (Å²) in [5.74, 6) is 1.73. The van der Waals surface area contributed by atoms with Crippen molar-refractivity contribution in [3.05, 3.63) is 12.7 Å². The fourth-order valence-electron chi connectivity index (χ4n) is 2.58. The first-order chi connectivity index (χ1) is 6.40. The fraction of sp³-hybridized carbons (Fsp3) is 0.818. The molecule has 0 aromatic carbocycles. The molecule has 0 spiro atoms. The van der Waals surface area contributed by atoms with Gasteiger partial charge in [0.1, 0.15) is 0 Å². The lowest BCUT2D eigenvalue weighted by Crippen LogP contribution is -2.48. The number of hydrogen-bond acceptors (Lipinski definition) is 2. The molecule has 3 heterocycles. The third-order valence-corrected chi connectivity index (χ3v) is 3.36. The summed E-state index contributed by atoms with van der Waals surface area (Å²) in [5, 5.41) is 0. The first kappa shape index (κ1) is 9.22. The molecule has 3 aliphatic rings. The molecule has 2 bridgehead atoms. The van der Waals surface area contributed by atoms with Gasteiger partial charge in [-0.3, -0.25) is 0 Å². The van der Waals surface area contributed by atoms with E-state index in [1.165, 1.54) is 32.5 Å². The molecule has 0 aromatic heterocycles. The molecule has 2 nitrogen and oxygen atoms in total. The van der Waals surface area contributed by atoms with Gasteiger partial charge in [0.15, 0.2) is 0 Å². The van der Waals surface area contributed by atoms with Gasteiger partial charge < -0.3 is 9.64 Å². The van der Waals surface area contributed by atoms with Gasteiger partial charge in [-0.25, -0.2) is 0 Å². The summed E-state index contributed by atoms with van der Waals surface area (Å²) in [6.07, 6.45) is 4.62. The summed E-state index contributed by atoms with van der Waals surface area (Å²) in [4.78, 5) is 2.57. The molecular weight excluding hydrogens is 162 g/mol. The number of fused-ring (bicyclic) bond motifs is 3. The van der Waals surface area contributed by atoms with E-state index in [0.29, 0.717) is 6.61 Å². The van der Waals surface area contributed by atoms with Crippen LogP contribution in [0.1, 0.15) is 12.8 Å². The maximum atomic E-state index is 5.53. The van der Waals surface area contributed by atoms with E-state index in [9.17, 15) is 0 Å². The molecule has 3 saturated heterocycles. The van der Waals surface area contributed by atoms with E-state index < -0.39 is 0 Å². The zero-order chi connectivity index (χ0) is 9.10. The van der Waals surface area contributed by atoms with Gasteiger partial charge >= 0.3 is 0 Å². The second-order valence-corrected chi connectivity index (χ2v) is 4.22. The smallest absolute Gasteiger partial charge is 0.0644 e. The second kappa shape index (κ2) is 4.25. The third kappa shape index (κ3) is 2.12. The van der Waals surface area contributed by atoms with Crippen LogP contribution in [0.3, 0.4) is 0 Å². The van der Waals surface area contributed by atoms with Gasteiger partial charge in [0, 0.05) is 6.54 Å².